The molecule has 7 heteroatoms. The predicted molar refractivity (Wildman–Crippen MR) is 111 cm³/mol. The summed E-state index contributed by atoms with van der Waals surface area (Å²) in [5.41, 5.74) is 1.69. The van der Waals surface area contributed by atoms with E-state index in [1.807, 2.05) is 42.5 Å². The molecule has 0 atom stereocenters. The van der Waals surface area contributed by atoms with Gasteiger partial charge in [0.05, 0.1) is 21.2 Å². The van der Waals surface area contributed by atoms with E-state index in [9.17, 15) is 4.79 Å². The lowest BCUT2D eigenvalue weighted by atomic mass is 10.2. The third kappa shape index (κ3) is 3.75. The fraction of sp³-hybridized carbons (Fsp3) is 0.105. The number of thioether (sulfide) groups is 1. The highest BCUT2D eigenvalue weighted by atomic mass is 79.9. The number of thiophene rings is 1. The first kappa shape index (κ1) is 17.5. The van der Waals surface area contributed by atoms with Crippen LogP contribution in [0.2, 0.25) is 0 Å². The van der Waals surface area contributed by atoms with Crippen molar-refractivity contribution in [2.45, 2.75) is 17.5 Å². The van der Waals surface area contributed by atoms with Crippen LogP contribution in [0.5, 0.6) is 0 Å². The summed E-state index contributed by atoms with van der Waals surface area (Å²) in [6, 6.07) is 15.5. The van der Waals surface area contributed by atoms with Crippen molar-refractivity contribution in [1.29, 1.82) is 0 Å². The molecule has 0 radical (unpaired) electrons. The van der Waals surface area contributed by atoms with Crippen LogP contribution in [0.1, 0.15) is 10.4 Å². The highest BCUT2D eigenvalue weighted by Gasteiger charge is 2.12. The lowest BCUT2D eigenvalue weighted by Gasteiger charge is -2.12. The number of fused-ring (bicyclic) bond motifs is 1. The molecule has 3 aromatic heterocycles. The molecule has 0 spiro atoms. The standard InChI is InChI=1S/C19H14BrN3OS2/c20-17-8-7-14(26-17)12-25-19-22-16-6-2-1-5-15(16)18(24)23(19)11-13-4-3-9-21-10-13/h1-10H,11-12H2. The van der Waals surface area contributed by atoms with E-state index in [-0.39, 0.29) is 5.56 Å². The summed E-state index contributed by atoms with van der Waals surface area (Å²) in [6.45, 7) is 0.459. The Bertz CT molecular complexity index is 1110. The zero-order chi connectivity index (χ0) is 17.9. The van der Waals surface area contributed by atoms with Crippen molar-refractivity contribution in [1.82, 2.24) is 14.5 Å². The van der Waals surface area contributed by atoms with Gasteiger partial charge < -0.3 is 0 Å². The largest absolute Gasteiger partial charge is 0.283 e. The molecule has 0 aliphatic rings. The van der Waals surface area contributed by atoms with Crippen LogP contribution in [0.4, 0.5) is 0 Å². The maximum absolute atomic E-state index is 13.1. The van der Waals surface area contributed by atoms with Gasteiger partial charge in [-0.2, -0.15) is 0 Å². The summed E-state index contributed by atoms with van der Waals surface area (Å²) < 4.78 is 2.85. The molecule has 0 N–H and O–H groups in total. The molecule has 4 rings (SSSR count). The van der Waals surface area contributed by atoms with E-state index in [1.54, 1.807) is 40.1 Å². The average Bonchev–Trinajstić information content (AvgIpc) is 3.09. The number of pyridine rings is 1. The van der Waals surface area contributed by atoms with Crippen LogP contribution in [0.3, 0.4) is 0 Å². The number of aromatic nitrogens is 3. The molecule has 0 aliphatic carbocycles. The summed E-state index contributed by atoms with van der Waals surface area (Å²) in [6.07, 6.45) is 3.52. The lowest BCUT2D eigenvalue weighted by Crippen LogP contribution is -2.24. The predicted octanol–water partition coefficient (Wildman–Crippen LogP) is 4.96. The molecule has 4 nitrogen and oxygen atoms in total. The van der Waals surface area contributed by atoms with Crippen LogP contribution in [0.15, 0.2) is 74.7 Å². The van der Waals surface area contributed by atoms with Gasteiger partial charge >= 0.3 is 0 Å². The van der Waals surface area contributed by atoms with Crippen LogP contribution in [0.25, 0.3) is 10.9 Å². The minimum Gasteiger partial charge on any atom is -0.283 e. The number of para-hydroxylation sites is 1. The molecule has 1 aromatic carbocycles. The molecule has 0 fully saturated rings. The van der Waals surface area contributed by atoms with Crippen molar-refractivity contribution in [2.75, 3.05) is 0 Å². The van der Waals surface area contributed by atoms with Crippen molar-refractivity contribution in [3.05, 3.63) is 85.5 Å². The Kier molecular flexibility index (Phi) is 5.19. The maximum Gasteiger partial charge on any atom is 0.262 e. The molecule has 0 unspecified atom stereocenters. The molecule has 130 valence electrons. The third-order valence-corrected chi connectivity index (χ3v) is 6.69. The Labute approximate surface area is 167 Å². The number of hydrogen-bond donors (Lipinski definition) is 0. The van der Waals surface area contributed by atoms with E-state index in [2.05, 4.69) is 27.0 Å². The minimum atomic E-state index is -0.0192. The van der Waals surface area contributed by atoms with Gasteiger partial charge in [0.25, 0.3) is 5.56 Å². The quantitative estimate of drug-likeness (QED) is 0.323. The normalized spacial score (nSPS) is 11.1. The van der Waals surface area contributed by atoms with Crippen molar-refractivity contribution >= 4 is 49.9 Å². The van der Waals surface area contributed by atoms with E-state index in [1.165, 1.54) is 4.88 Å². The summed E-state index contributed by atoms with van der Waals surface area (Å²) >= 11 is 6.77. The van der Waals surface area contributed by atoms with Gasteiger partial charge in [0.1, 0.15) is 0 Å². The fourth-order valence-electron chi connectivity index (χ4n) is 2.64. The second kappa shape index (κ2) is 7.73. The smallest absolute Gasteiger partial charge is 0.262 e. The Morgan fingerprint density at radius 1 is 1.12 bits per heavy atom. The van der Waals surface area contributed by atoms with E-state index in [4.69, 9.17) is 4.98 Å². The third-order valence-electron chi connectivity index (χ3n) is 3.86. The Hall–Kier alpha value is -1.96. The molecule has 0 bridgehead atoms. The van der Waals surface area contributed by atoms with Gasteiger partial charge in [-0.15, -0.1) is 11.3 Å². The van der Waals surface area contributed by atoms with Crippen LogP contribution in [0, 0.1) is 0 Å². The van der Waals surface area contributed by atoms with Gasteiger partial charge in [0, 0.05) is 23.0 Å². The molecular weight excluding hydrogens is 430 g/mol. The van der Waals surface area contributed by atoms with E-state index < -0.39 is 0 Å². The van der Waals surface area contributed by atoms with Crippen molar-refractivity contribution in [2.24, 2.45) is 0 Å². The molecule has 0 saturated carbocycles. The topological polar surface area (TPSA) is 47.8 Å². The van der Waals surface area contributed by atoms with Gasteiger partial charge in [-0.3, -0.25) is 14.3 Å². The van der Waals surface area contributed by atoms with Crippen LogP contribution < -0.4 is 5.56 Å². The molecule has 3 heterocycles. The first-order valence-electron chi connectivity index (χ1n) is 7.96. The van der Waals surface area contributed by atoms with Gasteiger partial charge in [-0.1, -0.05) is 30.0 Å². The number of hydrogen-bond acceptors (Lipinski definition) is 5. The summed E-state index contributed by atoms with van der Waals surface area (Å²) in [5, 5.41) is 1.36. The Morgan fingerprint density at radius 2 is 2.00 bits per heavy atom. The maximum atomic E-state index is 13.1. The number of nitrogens with zero attached hydrogens (tertiary/aromatic N) is 3. The first-order chi connectivity index (χ1) is 12.7. The molecule has 0 aliphatic heterocycles. The number of halogens is 1. The second-order valence-corrected chi connectivity index (χ2v) is 9.15. The van der Waals surface area contributed by atoms with Crippen molar-refractivity contribution < 1.29 is 0 Å². The van der Waals surface area contributed by atoms with E-state index in [0.29, 0.717) is 11.9 Å². The molecular formula is C19H14BrN3OS2. The summed E-state index contributed by atoms with van der Waals surface area (Å²) in [7, 11) is 0. The molecule has 26 heavy (non-hydrogen) atoms. The van der Waals surface area contributed by atoms with Gasteiger partial charge in [-0.05, 0) is 51.8 Å². The number of benzene rings is 1. The molecule has 0 saturated heterocycles. The monoisotopic (exact) mass is 443 g/mol. The Balaban J connectivity index is 1.75. The fourth-order valence-corrected chi connectivity index (χ4v) is 5.16. The van der Waals surface area contributed by atoms with Gasteiger partial charge in [0.2, 0.25) is 0 Å². The number of rotatable bonds is 5. The highest BCUT2D eigenvalue weighted by molar-refractivity contribution is 9.11. The zero-order valence-corrected chi connectivity index (χ0v) is 16.9. The van der Waals surface area contributed by atoms with Crippen LogP contribution in [-0.2, 0) is 12.3 Å². The van der Waals surface area contributed by atoms with E-state index >= 15 is 0 Å². The van der Waals surface area contributed by atoms with Crippen molar-refractivity contribution in [3.8, 4) is 0 Å². The zero-order valence-electron chi connectivity index (χ0n) is 13.6. The molecule has 4 aromatic rings. The van der Waals surface area contributed by atoms with Gasteiger partial charge in [0.15, 0.2) is 5.16 Å². The van der Waals surface area contributed by atoms with Crippen LogP contribution in [-0.4, -0.2) is 14.5 Å². The van der Waals surface area contributed by atoms with Crippen LogP contribution >= 0.6 is 39.0 Å². The summed E-state index contributed by atoms with van der Waals surface area (Å²) in [5.74, 6) is 0.772. The van der Waals surface area contributed by atoms with E-state index in [0.717, 1.165) is 25.8 Å². The summed E-state index contributed by atoms with van der Waals surface area (Å²) in [4.78, 5) is 23.2. The highest BCUT2D eigenvalue weighted by Crippen LogP contribution is 2.29. The van der Waals surface area contributed by atoms with Gasteiger partial charge in [-0.25, -0.2) is 4.98 Å². The SMILES string of the molecule is O=c1c2ccccc2nc(SCc2ccc(Br)s2)n1Cc1cccnc1. The Morgan fingerprint density at radius 3 is 2.77 bits per heavy atom. The minimum absolute atomic E-state index is 0.0192. The molecule has 0 amide bonds. The first-order valence-corrected chi connectivity index (χ1v) is 10.6. The average molecular weight is 444 g/mol. The second-order valence-electron chi connectivity index (χ2n) is 5.66. The van der Waals surface area contributed by atoms with Crippen molar-refractivity contribution in [3.63, 3.8) is 0 Å². The lowest BCUT2D eigenvalue weighted by molar-refractivity contribution is 0.656.